The van der Waals surface area contributed by atoms with Crippen LogP contribution < -0.4 is 9.47 Å². The number of aryl methyl sites for hydroxylation is 1. The largest absolute Gasteiger partial charge is 0.493 e. The van der Waals surface area contributed by atoms with E-state index in [9.17, 15) is 4.79 Å². The van der Waals surface area contributed by atoms with Gasteiger partial charge in [-0.05, 0) is 40.9 Å². The van der Waals surface area contributed by atoms with E-state index in [0.29, 0.717) is 23.5 Å². The highest BCUT2D eigenvalue weighted by Crippen LogP contribution is 2.31. The number of para-hydroxylation sites is 1. The van der Waals surface area contributed by atoms with Gasteiger partial charge in [-0.25, -0.2) is 0 Å². The highest BCUT2D eigenvalue weighted by molar-refractivity contribution is 7.07. The first-order valence-corrected chi connectivity index (χ1v) is 6.95. The first kappa shape index (κ1) is 13.6. The Labute approximate surface area is 116 Å². The second-order valence-corrected chi connectivity index (χ2v) is 4.88. The molecule has 19 heavy (non-hydrogen) atoms. The van der Waals surface area contributed by atoms with Gasteiger partial charge in [0.2, 0.25) is 0 Å². The number of hydrogen-bond donors (Lipinski definition) is 0. The molecule has 0 unspecified atom stereocenters. The van der Waals surface area contributed by atoms with Crippen molar-refractivity contribution in [3.8, 4) is 11.5 Å². The number of thiophene rings is 1. The molecule has 2 aromatic rings. The molecule has 0 N–H and O–H groups in total. The molecule has 2 rings (SSSR count). The van der Waals surface area contributed by atoms with Crippen LogP contribution in [-0.2, 0) is 6.42 Å². The molecule has 0 fully saturated rings. The highest BCUT2D eigenvalue weighted by atomic mass is 32.1. The number of ketones is 1. The lowest BCUT2D eigenvalue weighted by Crippen LogP contribution is -2.04. The first-order valence-electron chi connectivity index (χ1n) is 6.01. The lowest BCUT2D eigenvalue weighted by atomic mass is 10.0. The molecule has 0 spiro atoms. The third-order valence-electron chi connectivity index (χ3n) is 2.92. The van der Waals surface area contributed by atoms with Crippen molar-refractivity contribution in [3.63, 3.8) is 0 Å². The quantitative estimate of drug-likeness (QED) is 0.756. The Morgan fingerprint density at radius 3 is 2.68 bits per heavy atom. The molecule has 0 aliphatic rings. The fourth-order valence-corrected chi connectivity index (χ4v) is 2.64. The van der Waals surface area contributed by atoms with Crippen LogP contribution in [0.2, 0.25) is 0 Å². The smallest absolute Gasteiger partial charge is 0.171 e. The van der Waals surface area contributed by atoms with Crippen LogP contribution in [0.1, 0.15) is 22.3 Å². The summed E-state index contributed by atoms with van der Waals surface area (Å²) in [5, 5.41) is 4.09. The molecule has 4 heteroatoms. The van der Waals surface area contributed by atoms with Gasteiger partial charge >= 0.3 is 0 Å². The second kappa shape index (κ2) is 6.38. The Kier molecular flexibility index (Phi) is 4.58. The Bertz CT molecular complexity index is 547. The summed E-state index contributed by atoms with van der Waals surface area (Å²) in [5.41, 5.74) is 1.78. The number of carbonyl (C=O) groups is 1. The van der Waals surface area contributed by atoms with E-state index in [-0.39, 0.29) is 5.78 Å². The highest BCUT2D eigenvalue weighted by Gasteiger charge is 2.16. The fourth-order valence-electron chi connectivity index (χ4n) is 1.93. The van der Waals surface area contributed by atoms with Crippen molar-refractivity contribution in [1.82, 2.24) is 0 Å². The molecule has 100 valence electrons. The molecule has 1 aromatic carbocycles. The molecular formula is C15H16O3S. The second-order valence-electron chi connectivity index (χ2n) is 4.10. The van der Waals surface area contributed by atoms with Crippen molar-refractivity contribution in [2.24, 2.45) is 0 Å². The summed E-state index contributed by atoms with van der Waals surface area (Å²) in [6.07, 6.45) is 1.23. The van der Waals surface area contributed by atoms with E-state index in [1.54, 1.807) is 43.8 Å². The van der Waals surface area contributed by atoms with Crippen LogP contribution in [0.3, 0.4) is 0 Å². The van der Waals surface area contributed by atoms with Gasteiger partial charge in [-0.3, -0.25) is 4.79 Å². The van der Waals surface area contributed by atoms with Crippen molar-refractivity contribution in [2.75, 3.05) is 14.2 Å². The van der Waals surface area contributed by atoms with Gasteiger partial charge < -0.3 is 9.47 Å². The molecule has 1 aromatic heterocycles. The Morgan fingerprint density at radius 2 is 2.05 bits per heavy atom. The molecule has 0 bridgehead atoms. The number of methoxy groups -OCH3 is 2. The van der Waals surface area contributed by atoms with Gasteiger partial charge in [-0.1, -0.05) is 6.07 Å². The summed E-state index contributed by atoms with van der Waals surface area (Å²) in [4.78, 5) is 12.3. The average Bonchev–Trinajstić information content (AvgIpc) is 2.97. The molecule has 0 atom stereocenters. The summed E-state index contributed by atoms with van der Waals surface area (Å²) >= 11 is 1.64. The summed E-state index contributed by atoms with van der Waals surface area (Å²) in [7, 11) is 3.12. The number of ether oxygens (including phenoxy) is 2. The number of hydrogen-bond acceptors (Lipinski definition) is 4. The first-order chi connectivity index (χ1) is 9.26. The van der Waals surface area contributed by atoms with Gasteiger partial charge in [0.05, 0.1) is 19.8 Å². The zero-order chi connectivity index (χ0) is 13.7. The van der Waals surface area contributed by atoms with Crippen molar-refractivity contribution >= 4 is 17.1 Å². The lowest BCUT2D eigenvalue weighted by Gasteiger charge is -2.11. The van der Waals surface area contributed by atoms with E-state index >= 15 is 0 Å². The van der Waals surface area contributed by atoms with Gasteiger partial charge in [0.1, 0.15) is 0 Å². The van der Waals surface area contributed by atoms with Crippen molar-refractivity contribution in [3.05, 3.63) is 46.2 Å². The van der Waals surface area contributed by atoms with Gasteiger partial charge in [-0.15, -0.1) is 0 Å². The number of rotatable bonds is 6. The SMILES string of the molecule is COc1cccc(C(=O)CCc2ccsc2)c1OC. The summed E-state index contributed by atoms with van der Waals surface area (Å²) in [6, 6.07) is 7.41. The zero-order valence-corrected chi connectivity index (χ0v) is 11.8. The average molecular weight is 276 g/mol. The van der Waals surface area contributed by atoms with Crippen LogP contribution in [0.15, 0.2) is 35.0 Å². The lowest BCUT2D eigenvalue weighted by molar-refractivity contribution is 0.0979. The van der Waals surface area contributed by atoms with E-state index in [0.717, 1.165) is 6.42 Å². The molecule has 0 aliphatic carbocycles. The number of benzene rings is 1. The molecule has 0 aliphatic heterocycles. The third kappa shape index (κ3) is 3.15. The van der Waals surface area contributed by atoms with Gasteiger partial charge in [-0.2, -0.15) is 11.3 Å². The predicted molar refractivity (Wildman–Crippen MR) is 76.5 cm³/mol. The van der Waals surface area contributed by atoms with E-state index in [1.807, 2.05) is 11.4 Å². The Hall–Kier alpha value is -1.81. The van der Waals surface area contributed by atoms with Crippen LogP contribution >= 0.6 is 11.3 Å². The van der Waals surface area contributed by atoms with Crippen LogP contribution in [0.4, 0.5) is 0 Å². The topological polar surface area (TPSA) is 35.5 Å². The van der Waals surface area contributed by atoms with Gasteiger partial charge in [0, 0.05) is 6.42 Å². The number of Topliss-reactive ketones (excluding diaryl/α,β-unsaturated/α-hetero) is 1. The van der Waals surface area contributed by atoms with Gasteiger partial charge in [0.15, 0.2) is 17.3 Å². The molecule has 3 nitrogen and oxygen atoms in total. The molecule has 0 saturated heterocycles. The standard InChI is InChI=1S/C15H16O3S/c1-17-14-5-3-4-12(15(14)18-2)13(16)7-6-11-8-9-19-10-11/h3-5,8-10H,6-7H2,1-2H3. The van der Waals surface area contributed by atoms with E-state index in [2.05, 4.69) is 5.38 Å². The van der Waals surface area contributed by atoms with Crippen LogP contribution in [0, 0.1) is 0 Å². The van der Waals surface area contributed by atoms with Gasteiger partial charge in [0.25, 0.3) is 0 Å². The molecule has 1 heterocycles. The van der Waals surface area contributed by atoms with Crippen molar-refractivity contribution in [2.45, 2.75) is 12.8 Å². The van der Waals surface area contributed by atoms with Crippen LogP contribution in [0.5, 0.6) is 11.5 Å². The maximum absolute atomic E-state index is 12.3. The summed E-state index contributed by atoms with van der Waals surface area (Å²) in [6.45, 7) is 0. The molecule has 0 amide bonds. The number of carbonyl (C=O) groups excluding carboxylic acids is 1. The van der Waals surface area contributed by atoms with Crippen molar-refractivity contribution < 1.29 is 14.3 Å². The summed E-state index contributed by atoms with van der Waals surface area (Å²) < 4.78 is 10.5. The normalized spacial score (nSPS) is 10.2. The Morgan fingerprint density at radius 1 is 1.21 bits per heavy atom. The fraction of sp³-hybridized carbons (Fsp3) is 0.267. The van der Waals surface area contributed by atoms with Crippen LogP contribution in [-0.4, -0.2) is 20.0 Å². The maximum atomic E-state index is 12.3. The minimum atomic E-state index is 0.0713. The molecule has 0 radical (unpaired) electrons. The maximum Gasteiger partial charge on any atom is 0.171 e. The van der Waals surface area contributed by atoms with Crippen molar-refractivity contribution in [1.29, 1.82) is 0 Å². The third-order valence-corrected chi connectivity index (χ3v) is 3.66. The van der Waals surface area contributed by atoms with E-state index in [4.69, 9.17) is 9.47 Å². The Balaban J connectivity index is 2.14. The molecular weight excluding hydrogens is 260 g/mol. The molecule has 0 saturated carbocycles. The van der Waals surface area contributed by atoms with E-state index < -0.39 is 0 Å². The minimum Gasteiger partial charge on any atom is -0.493 e. The minimum absolute atomic E-state index is 0.0713. The predicted octanol–water partition coefficient (Wildman–Crippen LogP) is 3.58. The van der Waals surface area contributed by atoms with Crippen LogP contribution in [0.25, 0.3) is 0 Å². The summed E-state index contributed by atoms with van der Waals surface area (Å²) in [5.74, 6) is 1.17. The zero-order valence-electron chi connectivity index (χ0n) is 11.0. The van der Waals surface area contributed by atoms with E-state index in [1.165, 1.54) is 5.56 Å². The monoisotopic (exact) mass is 276 g/mol.